The summed E-state index contributed by atoms with van der Waals surface area (Å²) in [5.74, 6) is -0.0211. The Morgan fingerprint density at radius 3 is 2.81 bits per heavy atom. The maximum absolute atomic E-state index is 11.8. The molecule has 0 saturated carbocycles. The Labute approximate surface area is 121 Å². The standard InChI is InChI=1S/C15H16NO5/c1-2-3-4-13(17)9-11-7-10-8-12(16(19)20)5-6-14(10)21-15(11)18/h5-8,19H,2-4,9H2,1H3/q-1. The molecule has 0 saturated heterocycles. The number of fused-ring (bicyclic) bond motifs is 1. The van der Waals surface area contributed by atoms with E-state index in [1.807, 2.05) is 6.92 Å². The molecular formula is C15H16NO5-. The minimum absolute atomic E-state index is 0.0166. The number of anilines is 1. The van der Waals surface area contributed by atoms with Gasteiger partial charge in [-0.25, -0.2) is 4.79 Å². The third kappa shape index (κ3) is 3.68. The number of benzene rings is 1. The van der Waals surface area contributed by atoms with E-state index in [1.54, 1.807) is 0 Å². The van der Waals surface area contributed by atoms with Crippen molar-refractivity contribution < 1.29 is 14.4 Å². The van der Waals surface area contributed by atoms with E-state index >= 15 is 0 Å². The highest BCUT2D eigenvalue weighted by Crippen LogP contribution is 2.21. The molecule has 0 bridgehead atoms. The molecule has 1 heterocycles. The number of ketones is 1. The summed E-state index contributed by atoms with van der Waals surface area (Å²) in [6.07, 6.45) is 2.15. The number of nitrogens with zero attached hydrogens (tertiary/aromatic N) is 1. The van der Waals surface area contributed by atoms with E-state index in [2.05, 4.69) is 0 Å². The molecule has 0 aliphatic carbocycles. The summed E-state index contributed by atoms with van der Waals surface area (Å²) in [5, 5.41) is 20.0. The van der Waals surface area contributed by atoms with Crippen LogP contribution >= 0.6 is 0 Å². The van der Waals surface area contributed by atoms with Gasteiger partial charge in [-0.1, -0.05) is 13.3 Å². The van der Waals surface area contributed by atoms with Crippen molar-refractivity contribution in [3.63, 3.8) is 0 Å². The molecule has 1 aromatic carbocycles. The van der Waals surface area contributed by atoms with E-state index in [0.29, 0.717) is 17.4 Å². The Morgan fingerprint density at radius 2 is 2.14 bits per heavy atom. The molecule has 112 valence electrons. The average molecular weight is 290 g/mol. The number of unbranched alkanes of at least 4 members (excludes halogenated alkanes) is 1. The molecule has 0 fully saturated rings. The van der Waals surface area contributed by atoms with Gasteiger partial charge in [0, 0.05) is 23.8 Å². The normalized spacial score (nSPS) is 10.8. The fraction of sp³-hybridized carbons (Fsp3) is 0.333. The second-order valence-corrected chi connectivity index (χ2v) is 4.87. The molecule has 2 aromatic rings. The lowest BCUT2D eigenvalue weighted by Gasteiger charge is -2.21. The minimum Gasteiger partial charge on any atom is -0.733 e. The van der Waals surface area contributed by atoms with Crippen LogP contribution in [0.2, 0.25) is 0 Å². The highest BCUT2D eigenvalue weighted by Gasteiger charge is 2.10. The van der Waals surface area contributed by atoms with Crippen LogP contribution in [-0.4, -0.2) is 11.0 Å². The molecule has 0 radical (unpaired) electrons. The van der Waals surface area contributed by atoms with Gasteiger partial charge in [0.1, 0.15) is 11.4 Å². The van der Waals surface area contributed by atoms with E-state index in [0.717, 1.165) is 12.8 Å². The lowest BCUT2D eigenvalue weighted by Crippen LogP contribution is -2.13. The molecule has 0 atom stereocenters. The van der Waals surface area contributed by atoms with Gasteiger partial charge in [-0.2, -0.15) is 0 Å². The van der Waals surface area contributed by atoms with Crippen LogP contribution in [0.3, 0.4) is 0 Å². The molecule has 6 heteroatoms. The molecule has 0 amide bonds. The molecule has 21 heavy (non-hydrogen) atoms. The van der Waals surface area contributed by atoms with Crippen molar-refractivity contribution in [1.29, 1.82) is 0 Å². The summed E-state index contributed by atoms with van der Waals surface area (Å²) in [4.78, 5) is 23.6. The van der Waals surface area contributed by atoms with E-state index in [1.165, 1.54) is 24.3 Å². The zero-order chi connectivity index (χ0) is 15.4. The van der Waals surface area contributed by atoms with Crippen LogP contribution in [0.15, 0.2) is 33.5 Å². The lowest BCUT2D eigenvalue weighted by atomic mass is 10.1. The largest absolute Gasteiger partial charge is 0.733 e. The minimum atomic E-state index is -0.553. The molecule has 0 spiro atoms. The first kappa shape index (κ1) is 15.2. The summed E-state index contributed by atoms with van der Waals surface area (Å²) >= 11 is 0. The van der Waals surface area contributed by atoms with Gasteiger partial charge in [-0.15, -0.1) is 0 Å². The smallest absolute Gasteiger partial charge is 0.339 e. The fourth-order valence-corrected chi connectivity index (χ4v) is 2.07. The second kappa shape index (κ2) is 6.51. The topological polar surface area (TPSA) is 93.8 Å². The van der Waals surface area contributed by atoms with E-state index in [-0.39, 0.29) is 28.7 Å². The first-order valence-electron chi connectivity index (χ1n) is 6.76. The SMILES string of the molecule is CCCCC(=O)Cc1cc2cc(N([O-])O)ccc2oc1=O. The van der Waals surface area contributed by atoms with Crippen LogP contribution < -0.4 is 10.9 Å². The van der Waals surface area contributed by atoms with Gasteiger partial charge >= 0.3 is 5.63 Å². The molecule has 0 aliphatic rings. The third-order valence-electron chi connectivity index (χ3n) is 3.21. The average Bonchev–Trinajstić information content (AvgIpc) is 2.45. The molecule has 0 aliphatic heterocycles. The Kier molecular flexibility index (Phi) is 4.72. The van der Waals surface area contributed by atoms with Gasteiger partial charge in [-0.05, 0) is 30.7 Å². The van der Waals surface area contributed by atoms with E-state index < -0.39 is 5.63 Å². The van der Waals surface area contributed by atoms with Crippen molar-refractivity contribution in [1.82, 2.24) is 0 Å². The maximum Gasteiger partial charge on any atom is 0.339 e. The number of Topliss-reactive ketones (excluding diaryl/α,β-unsaturated/α-hetero) is 1. The number of hydrogen-bond acceptors (Lipinski definition) is 6. The summed E-state index contributed by atoms with van der Waals surface area (Å²) in [5.41, 5.74) is 0.0363. The molecule has 2 rings (SSSR count). The molecule has 0 unspecified atom stereocenters. The van der Waals surface area contributed by atoms with Crippen LogP contribution in [0.5, 0.6) is 0 Å². The molecular weight excluding hydrogens is 274 g/mol. The highest BCUT2D eigenvalue weighted by molar-refractivity contribution is 5.84. The Balaban J connectivity index is 2.33. The predicted molar refractivity (Wildman–Crippen MR) is 78.4 cm³/mol. The van der Waals surface area contributed by atoms with Crippen molar-refractivity contribution in [3.8, 4) is 0 Å². The molecule has 6 nitrogen and oxygen atoms in total. The highest BCUT2D eigenvalue weighted by atomic mass is 16.8. The Bertz CT molecular complexity index is 705. The van der Waals surface area contributed by atoms with Crippen molar-refractivity contribution in [2.45, 2.75) is 32.6 Å². The van der Waals surface area contributed by atoms with Gasteiger partial charge in [0.25, 0.3) is 0 Å². The van der Waals surface area contributed by atoms with E-state index in [9.17, 15) is 14.8 Å². The van der Waals surface area contributed by atoms with Gasteiger partial charge in [-0.3, -0.25) is 10.0 Å². The van der Waals surface area contributed by atoms with Crippen molar-refractivity contribution in [2.75, 3.05) is 5.23 Å². The molecule has 1 N–H and O–H groups in total. The van der Waals surface area contributed by atoms with Crippen molar-refractivity contribution in [2.24, 2.45) is 0 Å². The molecule has 1 aromatic heterocycles. The second-order valence-electron chi connectivity index (χ2n) is 4.87. The van der Waals surface area contributed by atoms with Crippen molar-refractivity contribution >= 4 is 22.4 Å². The van der Waals surface area contributed by atoms with Gasteiger partial charge in [0.2, 0.25) is 0 Å². The fourth-order valence-electron chi connectivity index (χ4n) is 2.07. The van der Waals surface area contributed by atoms with Crippen LogP contribution in [0.25, 0.3) is 11.0 Å². The van der Waals surface area contributed by atoms with Crippen molar-refractivity contribution in [3.05, 3.63) is 45.5 Å². The number of carbonyl (C=O) groups is 1. The van der Waals surface area contributed by atoms with Gasteiger partial charge < -0.3 is 14.9 Å². The maximum atomic E-state index is 11.8. The van der Waals surface area contributed by atoms with Crippen LogP contribution in [-0.2, 0) is 11.2 Å². The Hall–Kier alpha value is -2.18. The third-order valence-corrected chi connectivity index (χ3v) is 3.21. The summed E-state index contributed by atoms with van der Waals surface area (Å²) < 4.78 is 5.12. The van der Waals surface area contributed by atoms with Crippen LogP contribution in [0, 0.1) is 5.21 Å². The van der Waals surface area contributed by atoms with Gasteiger partial charge in [0.15, 0.2) is 0 Å². The summed E-state index contributed by atoms with van der Waals surface area (Å²) in [6, 6.07) is 5.68. The first-order valence-corrected chi connectivity index (χ1v) is 6.76. The summed E-state index contributed by atoms with van der Waals surface area (Å²) in [6.45, 7) is 1.99. The lowest BCUT2D eigenvalue weighted by molar-refractivity contribution is -0.118. The van der Waals surface area contributed by atoms with E-state index in [4.69, 9.17) is 9.62 Å². The zero-order valence-electron chi connectivity index (χ0n) is 11.7. The Morgan fingerprint density at radius 1 is 1.38 bits per heavy atom. The number of rotatable bonds is 6. The van der Waals surface area contributed by atoms with Crippen LogP contribution in [0.1, 0.15) is 31.7 Å². The van der Waals surface area contributed by atoms with Crippen LogP contribution in [0.4, 0.5) is 5.69 Å². The quantitative estimate of drug-likeness (QED) is 0.649. The zero-order valence-corrected chi connectivity index (χ0v) is 11.7. The van der Waals surface area contributed by atoms with Gasteiger partial charge in [0.05, 0.1) is 5.69 Å². The number of hydrogen-bond donors (Lipinski definition) is 1. The summed E-state index contributed by atoms with van der Waals surface area (Å²) in [7, 11) is 0. The first-order chi connectivity index (χ1) is 10.0. The number of carbonyl (C=O) groups excluding carboxylic acids is 1. The predicted octanol–water partition coefficient (Wildman–Crippen LogP) is 2.79. The monoisotopic (exact) mass is 290 g/mol.